The Bertz CT molecular complexity index is 1010. The minimum absolute atomic E-state index is 0.0830. The van der Waals surface area contributed by atoms with Gasteiger partial charge in [-0.1, -0.05) is 18.6 Å². The van der Waals surface area contributed by atoms with Gasteiger partial charge in [-0.3, -0.25) is 24.1 Å². The van der Waals surface area contributed by atoms with Crippen LogP contribution in [-0.2, 0) is 25.6 Å². The van der Waals surface area contributed by atoms with E-state index < -0.39 is 35.9 Å². The number of primary amides is 1. The molecule has 4 atom stereocenters. The monoisotopic (exact) mass is 545 g/mol. The lowest BCUT2D eigenvalue weighted by molar-refractivity contribution is -0.132. The highest BCUT2D eigenvalue weighted by atomic mass is 16.5. The van der Waals surface area contributed by atoms with E-state index in [1.54, 1.807) is 0 Å². The smallest absolute Gasteiger partial charge is 0.243 e. The molecular weight excluding hydrogens is 502 g/mol. The molecule has 3 aliphatic heterocycles. The molecule has 0 unspecified atom stereocenters. The van der Waals surface area contributed by atoms with Crippen molar-refractivity contribution in [2.24, 2.45) is 5.73 Å². The van der Waals surface area contributed by atoms with Crippen LogP contribution in [0.2, 0.25) is 0 Å². The Morgan fingerprint density at radius 3 is 2.54 bits per heavy atom. The topological polar surface area (TPSA) is 163 Å². The number of benzene rings is 1. The molecule has 3 heterocycles. The van der Waals surface area contributed by atoms with Crippen LogP contribution in [0.3, 0.4) is 0 Å². The van der Waals surface area contributed by atoms with Crippen LogP contribution in [0, 0.1) is 0 Å². The number of hydrogen-bond acceptors (Lipinski definition) is 7. The molecule has 11 heteroatoms. The molecule has 4 rings (SSSR count). The van der Waals surface area contributed by atoms with E-state index in [9.17, 15) is 24.3 Å². The maximum Gasteiger partial charge on any atom is 0.243 e. The summed E-state index contributed by atoms with van der Waals surface area (Å²) in [5.41, 5.74) is 5.83. The number of nitrogens with two attached hydrogens (primary N) is 1. The fourth-order valence-corrected chi connectivity index (χ4v) is 4.97. The number of β-amino-alcohol motifs (C(OH)–C–C–N with tert-alkyl or cyclic N) is 1. The Morgan fingerprint density at radius 1 is 1.15 bits per heavy atom. The summed E-state index contributed by atoms with van der Waals surface area (Å²) < 4.78 is 5.71. The molecule has 0 radical (unpaired) electrons. The third-order valence-electron chi connectivity index (χ3n) is 6.88. The van der Waals surface area contributed by atoms with Gasteiger partial charge in [-0.15, -0.1) is 0 Å². The molecule has 6 N–H and O–H groups in total. The van der Waals surface area contributed by atoms with E-state index >= 15 is 0 Å². The highest BCUT2D eigenvalue weighted by molar-refractivity contribution is 5.91. The van der Waals surface area contributed by atoms with Crippen LogP contribution < -0.4 is 26.4 Å². The van der Waals surface area contributed by atoms with Crippen LogP contribution in [0.1, 0.15) is 64.9 Å². The number of likely N-dealkylation sites (tertiary alicyclic amines) is 1. The van der Waals surface area contributed by atoms with Crippen LogP contribution in [-0.4, -0.2) is 83.1 Å². The number of carbonyl (C=O) groups excluding carboxylic acids is 4. The lowest BCUT2D eigenvalue weighted by atomic mass is 9.96. The van der Waals surface area contributed by atoms with Crippen molar-refractivity contribution < 1.29 is 29.0 Å². The van der Waals surface area contributed by atoms with Crippen molar-refractivity contribution in [1.82, 2.24) is 20.9 Å². The molecule has 0 aliphatic carbocycles. The quantitative estimate of drug-likeness (QED) is 0.345. The van der Waals surface area contributed by atoms with Crippen LogP contribution in [0.25, 0.3) is 0 Å². The molecule has 3 aliphatic rings. The Kier molecular flexibility index (Phi) is 10.7. The first kappa shape index (κ1) is 30.4. The minimum Gasteiger partial charge on any atom is -0.494 e. The minimum atomic E-state index is -1.17. The van der Waals surface area contributed by atoms with Crippen LogP contribution in [0.5, 0.6) is 5.75 Å². The van der Waals surface area contributed by atoms with E-state index in [0.717, 1.165) is 18.4 Å². The molecule has 4 amide bonds. The van der Waals surface area contributed by atoms with Crippen molar-refractivity contribution in [2.75, 3.05) is 19.7 Å². The molecule has 1 aromatic rings. The Balaban J connectivity index is 1.83. The first-order valence-corrected chi connectivity index (χ1v) is 13.7. The van der Waals surface area contributed by atoms with Gasteiger partial charge >= 0.3 is 0 Å². The summed E-state index contributed by atoms with van der Waals surface area (Å²) in [7, 11) is 0. The molecule has 1 aromatic carbocycles. The van der Waals surface area contributed by atoms with Crippen LogP contribution in [0.15, 0.2) is 24.3 Å². The van der Waals surface area contributed by atoms with E-state index in [2.05, 4.69) is 16.0 Å². The fourth-order valence-electron chi connectivity index (χ4n) is 4.97. The van der Waals surface area contributed by atoms with E-state index in [1.807, 2.05) is 49.9 Å². The van der Waals surface area contributed by atoms with Gasteiger partial charge in [0, 0.05) is 18.5 Å². The zero-order valence-corrected chi connectivity index (χ0v) is 23.2. The predicted octanol–water partition coefficient (Wildman–Crippen LogP) is 0.377. The average molecular weight is 546 g/mol. The third-order valence-corrected chi connectivity index (χ3v) is 6.88. The third kappa shape index (κ3) is 9.81. The second-order valence-electron chi connectivity index (χ2n) is 11.5. The largest absolute Gasteiger partial charge is 0.494 e. The van der Waals surface area contributed by atoms with Gasteiger partial charge in [0.1, 0.15) is 11.8 Å². The predicted molar refractivity (Wildman–Crippen MR) is 146 cm³/mol. The first-order chi connectivity index (χ1) is 18.4. The number of ether oxygens (including phenoxy) is 1. The first-order valence-electron chi connectivity index (χ1n) is 13.7. The summed E-state index contributed by atoms with van der Waals surface area (Å²) in [5.74, 6) is -1.16. The molecule has 0 saturated carbocycles. The van der Waals surface area contributed by atoms with Crippen LogP contribution in [0.4, 0.5) is 0 Å². The zero-order valence-electron chi connectivity index (χ0n) is 23.2. The summed E-state index contributed by atoms with van der Waals surface area (Å²) in [5, 5.41) is 19.9. The summed E-state index contributed by atoms with van der Waals surface area (Å²) in [6, 6.07) is 5.05. The SMILES string of the molecule is CC(C)(C)NC(=O)[C@@H]1CCCCN1C[C@H](O)[C@H]1Cc2ccc(cc2)OCCCC(=O)N[C@@H](CC(N)=O)C(=O)N1. The van der Waals surface area contributed by atoms with Gasteiger partial charge in [0.05, 0.1) is 31.2 Å². The molecule has 0 aromatic heterocycles. The number of fused-ring (bicyclic) bond motifs is 12. The van der Waals surface area contributed by atoms with E-state index in [0.29, 0.717) is 31.7 Å². The number of amides is 4. The number of nitrogens with one attached hydrogen (secondary N) is 3. The van der Waals surface area contributed by atoms with E-state index in [4.69, 9.17) is 10.5 Å². The molecule has 1 fully saturated rings. The lowest BCUT2D eigenvalue weighted by Crippen LogP contribution is -2.59. The standard InChI is InChI=1S/C28H43N5O6/c1-28(2,3)32-27(38)22-7-4-5-13-33(22)17-23(34)20-15-18-9-11-19(12-10-18)39-14-6-8-25(36)30-21(16-24(29)35)26(37)31-20/h9-12,20-23,34H,4-8,13-17H2,1-3H3,(H2,29,35)(H,30,36)(H,31,37)(H,32,38)/t20-,21+,22+,23+/m1/s1. The second-order valence-corrected chi connectivity index (χ2v) is 11.5. The van der Waals surface area contributed by atoms with Gasteiger partial charge in [0.2, 0.25) is 23.6 Å². The maximum atomic E-state index is 13.3. The normalized spacial score (nSPS) is 24.4. The Labute approximate surface area is 230 Å². The molecule has 1 saturated heterocycles. The van der Waals surface area contributed by atoms with Gasteiger partial charge in [0.15, 0.2) is 0 Å². The molecule has 39 heavy (non-hydrogen) atoms. The van der Waals surface area contributed by atoms with Crippen molar-refractivity contribution in [1.29, 1.82) is 0 Å². The molecule has 2 bridgehead atoms. The maximum absolute atomic E-state index is 13.3. The Morgan fingerprint density at radius 2 is 1.87 bits per heavy atom. The summed E-state index contributed by atoms with van der Waals surface area (Å²) in [6.07, 6.45) is 1.92. The highest BCUT2D eigenvalue weighted by Gasteiger charge is 2.35. The Hall–Kier alpha value is -3.18. The van der Waals surface area contributed by atoms with Crippen molar-refractivity contribution in [3.8, 4) is 5.75 Å². The van der Waals surface area contributed by atoms with Crippen molar-refractivity contribution >= 4 is 23.6 Å². The number of aliphatic hydroxyl groups excluding tert-OH is 1. The summed E-state index contributed by atoms with van der Waals surface area (Å²) >= 11 is 0. The van der Waals surface area contributed by atoms with Gasteiger partial charge in [0.25, 0.3) is 0 Å². The molecule has 11 nitrogen and oxygen atoms in total. The molecular formula is C28H43N5O6. The molecule has 216 valence electrons. The number of piperidine rings is 1. The summed E-state index contributed by atoms with van der Waals surface area (Å²) in [6.45, 7) is 6.92. The van der Waals surface area contributed by atoms with Gasteiger partial charge in [-0.25, -0.2) is 0 Å². The number of rotatable bonds is 6. The zero-order chi connectivity index (χ0) is 28.6. The fraction of sp³-hybridized carbons (Fsp3) is 0.643. The number of nitrogens with zero attached hydrogens (tertiary/aromatic N) is 1. The highest BCUT2D eigenvalue weighted by Crippen LogP contribution is 2.21. The van der Waals surface area contributed by atoms with Crippen molar-refractivity contribution in [2.45, 2.75) is 95.5 Å². The van der Waals surface area contributed by atoms with Crippen LogP contribution >= 0.6 is 0 Å². The van der Waals surface area contributed by atoms with Crippen molar-refractivity contribution in [3.63, 3.8) is 0 Å². The lowest BCUT2D eigenvalue weighted by Gasteiger charge is -2.39. The van der Waals surface area contributed by atoms with E-state index in [-0.39, 0.29) is 43.3 Å². The van der Waals surface area contributed by atoms with Crippen molar-refractivity contribution in [3.05, 3.63) is 29.8 Å². The molecule has 0 spiro atoms. The van der Waals surface area contributed by atoms with Gasteiger partial charge < -0.3 is 31.5 Å². The summed E-state index contributed by atoms with van der Waals surface area (Å²) in [4.78, 5) is 52.4. The number of hydrogen-bond donors (Lipinski definition) is 5. The average Bonchev–Trinajstić information content (AvgIpc) is 2.85. The number of carbonyl (C=O) groups is 4. The van der Waals surface area contributed by atoms with Gasteiger partial charge in [-0.05, 0) is 70.7 Å². The number of aliphatic hydroxyl groups is 1. The van der Waals surface area contributed by atoms with Gasteiger partial charge in [-0.2, -0.15) is 0 Å². The van der Waals surface area contributed by atoms with E-state index in [1.165, 1.54) is 0 Å². The second kappa shape index (κ2) is 13.7.